The second-order valence-corrected chi connectivity index (χ2v) is 4.16. The molecule has 0 spiro atoms. The van der Waals surface area contributed by atoms with Crippen molar-refractivity contribution in [2.75, 3.05) is 6.54 Å². The maximum absolute atomic E-state index is 12.0. The van der Waals surface area contributed by atoms with Crippen molar-refractivity contribution >= 4 is 5.91 Å². The lowest BCUT2D eigenvalue weighted by Gasteiger charge is -2.16. The van der Waals surface area contributed by atoms with Crippen LogP contribution in [0.2, 0.25) is 0 Å². The van der Waals surface area contributed by atoms with Gasteiger partial charge in [-0.25, -0.2) is 0 Å². The molecule has 0 aliphatic heterocycles. The standard InChI is InChI=1S/C11H15F3N2O2/c1-7(2)16-5-3-4-8(16)10(18)15-6-9(17)11(12,13)14/h3-5,7,9,17H,6H2,1-2H3,(H,15,18). The number of hydrogen-bond donors (Lipinski definition) is 2. The molecule has 0 aromatic carbocycles. The van der Waals surface area contributed by atoms with Crippen LogP contribution in [-0.4, -0.2) is 34.4 Å². The summed E-state index contributed by atoms with van der Waals surface area (Å²) in [5.41, 5.74) is 0.263. The molecule has 1 aromatic rings. The molecule has 2 N–H and O–H groups in total. The van der Waals surface area contributed by atoms with Crippen LogP contribution in [0.1, 0.15) is 30.4 Å². The van der Waals surface area contributed by atoms with Gasteiger partial charge in [0.2, 0.25) is 0 Å². The Bertz CT molecular complexity index is 413. The Hall–Kier alpha value is -1.50. The molecule has 1 amide bonds. The number of carbonyl (C=O) groups is 1. The lowest BCUT2D eigenvalue weighted by molar-refractivity contribution is -0.201. The van der Waals surface area contributed by atoms with Crippen LogP contribution in [0.3, 0.4) is 0 Å². The van der Waals surface area contributed by atoms with E-state index in [2.05, 4.69) is 5.32 Å². The highest BCUT2D eigenvalue weighted by Gasteiger charge is 2.38. The summed E-state index contributed by atoms with van der Waals surface area (Å²) in [5, 5.41) is 10.8. The molecular weight excluding hydrogens is 249 g/mol. The van der Waals surface area contributed by atoms with E-state index in [1.54, 1.807) is 16.8 Å². The fourth-order valence-electron chi connectivity index (χ4n) is 1.43. The van der Waals surface area contributed by atoms with Crippen molar-refractivity contribution in [3.63, 3.8) is 0 Å². The average Bonchev–Trinajstić information content (AvgIpc) is 2.72. The van der Waals surface area contributed by atoms with Crippen molar-refractivity contribution in [3.8, 4) is 0 Å². The normalized spacial score (nSPS) is 13.7. The van der Waals surface area contributed by atoms with Gasteiger partial charge in [-0.2, -0.15) is 13.2 Å². The first-order valence-electron chi connectivity index (χ1n) is 5.43. The van der Waals surface area contributed by atoms with Crippen molar-refractivity contribution in [1.82, 2.24) is 9.88 Å². The first kappa shape index (κ1) is 14.6. The molecule has 7 heteroatoms. The summed E-state index contributed by atoms with van der Waals surface area (Å²) in [6.45, 7) is 2.84. The molecule has 0 saturated carbocycles. The molecule has 18 heavy (non-hydrogen) atoms. The summed E-state index contributed by atoms with van der Waals surface area (Å²) in [5.74, 6) is -0.642. The van der Waals surface area contributed by atoms with Crippen molar-refractivity contribution in [2.45, 2.75) is 32.2 Å². The molecule has 0 aliphatic carbocycles. The minimum absolute atomic E-state index is 0.0216. The number of nitrogens with zero attached hydrogens (tertiary/aromatic N) is 1. The number of aliphatic hydroxyl groups excluding tert-OH is 1. The third kappa shape index (κ3) is 3.49. The maximum Gasteiger partial charge on any atom is 0.416 e. The van der Waals surface area contributed by atoms with Crippen LogP contribution in [0.15, 0.2) is 18.3 Å². The highest BCUT2D eigenvalue weighted by molar-refractivity contribution is 5.92. The van der Waals surface area contributed by atoms with Gasteiger partial charge in [0, 0.05) is 12.2 Å². The van der Waals surface area contributed by atoms with Gasteiger partial charge >= 0.3 is 6.18 Å². The molecule has 0 aliphatic rings. The Balaban J connectivity index is 2.64. The van der Waals surface area contributed by atoms with Crippen molar-refractivity contribution in [1.29, 1.82) is 0 Å². The number of aromatic nitrogens is 1. The monoisotopic (exact) mass is 264 g/mol. The summed E-state index contributed by atoms with van der Waals surface area (Å²) in [6, 6.07) is 3.16. The molecule has 1 unspecified atom stereocenters. The Kier molecular flexibility index (Phi) is 4.39. The van der Waals surface area contributed by atoms with Crippen LogP contribution in [0.5, 0.6) is 0 Å². The second kappa shape index (κ2) is 5.43. The van der Waals surface area contributed by atoms with E-state index in [4.69, 9.17) is 5.11 Å². The minimum atomic E-state index is -4.73. The molecule has 0 bridgehead atoms. The van der Waals surface area contributed by atoms with Crippen molar-refractivity contribution < 1.29 is 23.1 Å². The molecule has 0 saturated heterocycles. The van der Waals surface area contributed by atoms with Gasteiger partial charge in [-0.1, -0.05) is 0 Å². The number of amides is 1. The first-order valence-corrected chi connectivity index (χ1v) is 5.43. The maximum atomic E-state index is 12.0. The zero-order chi connectivity index (χ0) is 13.9. The number of rotatable bonds is 4. The molecule has 1 atom stereocenters. The summed E-state index contributed by atoms with van der Waals surface area (Å²) >= 11 is 0. The quantitative estimate of drug-likeness (QED) is 0.870. The smallest absolute Gasteiger partial charge is 0.382 e. The third-order valence-electron chi connectivity index (χ3n) is 2.40. The SMILES string of the molecule is CC(C)n1cccc1C(=O)NCC(O)C(F)(F)F. The number of halogens is 3. The van der Waals surface area contributed by atoms with Gasteiger partial charge in [-0.3, -0.25) is 4.79 Å². The van der Waals surface area contributed by atoms with Gasteiger partial charge in [-0.15, -0.1) is 0 Å². The minimum Gasteiger partial charge on any atom is -0.382 e. The van der Waals surface area contributed by atoms with Crippen LogP contribution >= 0.6 is 0 Å². The van der Waals surface area contributed by atoms with E-state index in [-0.39, 0.29) is 11.7 Å². The van der Waals surface area contributed by atoms with E-state index in [0.717, 1.165) is 0 Å². The van der Waals surface area contributed by atoms with Gasteiger partial charge in [-0.05, 0) is 26.0 Å². The fourth-order valence-corrected chi connectivity index (χ4v) is 1.43. The van der Waals surface area contributed by atoms with Gasteiger partial charge in [0.15, 0.2) is 6.10 Å². The summed E-state index contributed by atoms with van der Waals surface area (Å²) in [6.07, 6.45) is -5.61. The van der Waals surface area contributed by atoms with Crippen LogP contribution in [-0.2, 0) is 0 Å². The second-order valence-electron chi connectivity index (χ2n) is 4.16. The van der Waals surface area contributed by atoms with Crippen molar-refractivity contribution in [2.24, 2.45) is 0 Å². The number of carbonyl (C=O) groups excluding carboxylic acids is 1. The van der Waals surface area contributed by atoms with E-state index >= 15 is 0 Å². The molecule has 1 rings (SSSR count). The molecule has 1 heterocycles. The predicted molar refractivity (Wildman–Crippen MR) is 59.2 cm³/mol. The van der Waals surface area contributed by atoms with Gasteiger partial charge in [0.1, 0.15) is 5.69 Å². The molecule has 0 fully saturated rings. The van der Waals surface area contributed by atoms with Crippen LogP contribution < -0.4 is 5.32 Å². The van der Waals surface area contributed by atoms with Crippen LogP contribution in [0, 0.1) is 0 Å². The molecule has 1 aromatic heterocycles. The van der Waals surface area contributed by atoms with Gasteiger partial charge in [0.05, 0.1) is 6.54 Å². The summed E-state index contributed by atoms with van der Waals surface area (Å²) in [4.78, 5) is 11.7. The van der Waals surface area contributed by atoms with E-state index in [9.17, 15) is 18.0 Å². The van der Waals surface area contributed by atoms with Crippen molar-refractivity contribution in [3.05, 3.63) is 24.0 Å². The lowest BCUT2D eigenvalue weighted by atomic mass is 10.3. The Morgan fingerprint density at radius 2 is 2.11 bits per heavy atom. The Labute approximate surface area is 102 Å². The predicted octanol–water partition coefficient (Wildman–Crippen LogP) is 1.72. The Morgan fingerprint density at radius 3 is 2.61 bits per heavy atom. The lowest BCUT2D eigenvalue weighted by Crippen LogP contribution is -2.41. The van der Waals surface area contributed by atoms with E-state index in [0.29, 0.717) is 0 Å². The highest BCUT2D eigenvalue weighted by Crippen LogP contribution is 2.19. The fraction of sp³-hybridized carbons (Fsp3) is 0.545. The largest absolute Gasteiger partial charge is 0.416 e. The Morgan fingerprint density at radius 1 is 1.50 bits per heavy atom. The van der Waals surface area contributed by atoms with Crippen LogP contribution in [0.25, 0.3) is 0 Å². The van der Waals surface area contributed by atoms with Crippen LogP contribution in [0.4, 0.5) is 13.2 Å². The number of aliphatic hydroxyl groups is 1. The number of hydrogen-bond acceptors (Lipinski definition) is 2. The number of alkyl halides is 3. The number of nitrogens with one attached hydrogen (secondary N) is 1. The van der Waals surface area contributed by atoms with E-state index in [1.807, 2.05) is 13.8 Å². The summed E-state index contributed by atoms with van der Waals surface area (Å²) < 4.78 is 37.8. The van der Waals surface area contributed by atoms with E-state index < -0.39 is 24.7 Å². The zero-order valence-electron chi connectivity index (χ0n) is 10.0. The average molecular weight is 264 g/mol. The molecule has 102 valence electrons. The first-order chi connectivity index (χ1) is 8.23. The zero-order valence-corrected chi connectivity index (χ0v) is 10.0. The topological polar surface area (TPSA) is 54.3 Å². The molecule has 4 nitrogen and oxygen atoms in total. The molecular formula is C11H15F3N2O2. The summed E-state index contributed by atoms with van der Waals surface area (Å²) in [7, 11) is 0. The third-order valence-corrected chi connectivity index (χ3v) is 2.40. The van der Waals surface area contributed by atoms with Gasteiger partial charge < -0.3 is 15.0 Å². The highest BCUT2D eigenvalue weighted by atomic mass is 19.4. The molecule has 0 radical (unpaired) electrons. The van der Waals surface area contributed by atoms with E-state index in [1.165, 1.54) is 6.07 Å². The van der Waals surface area contributed by atoms with Gasteiger partial charge in [0.25, 0.3) is 5.91 Å².